The first-order valence-corrected chi connectivity index (χ1v) is 13.1. The zero-order chi connectivity index (χ0) is 26.9. The number of aromatic nitrogens is 4. The third kappa shape index (κ3) is 3.94. The van der Waals surface area contributed by atoms with E-state index in [1.54, 1.807) is 23.1 Å². The summed E-state index contributed by atoms with van der Waals surface area (Å²) in [6.45, 7) is 12.0. The maximum atomic E-state index is 11.0. The second-order valence-corrected chi connectivity index (χ2v) is 12.2. The van der Waals surface area contributed by atoms with Crippen LogP contribution in [0.3, 0.4) is 0 Å². The second-order valence-electron chi connectivity index (χ2n) is 12.2. The standard InChI is InChI=1S/C27H32BN7O3/c1-25(2)26(3,4)38-28(37-25)20-6-21(24-19(9-29)10-33-35(24)15-20)22-11-31-23(12-30-22)34-13-17-7-27(5,32-16-36)8-18(17)14-34/h6,10-12,15-18H,7-8,13-14H2,1-5H3,(H,32,36)/t17-,18+,27?. The molecule has 1 unspecified atom stereocenters. The fourth-order valence-corrected chi connectivity index (χ4v) is 6.24. The zero-order valence-electron chi connectivity index (χ0n) is 22.4. The van der Waals surface area contributed by atoms with E-state index >= 15 is 0 Å². The van der Waals surface area contributed by atoms with Crippen LogP contribution in [0.5, 0.6) is 0 Å². The molecule has 1 saturated carbocycles. The molecule has 3 fully saturated rings. The molecule has 0 radical (unpaired) electrons. The van der Waals surface area contributed by atoms with E-state index in [1.807, 2.05) is 40.0 Å². The van der Waals surface area contributed by atoms with Gasteiger partial charge in [0.2, 0.25) is 6.41 Å². The monoisotopic (exact) mass is 513 g/mol. The highest BCUT2D eigenvalue weighted by Crippen LogP contribution is 2.44. The smallest absolute Gasteiger partial charge is 0.399 e. The molecule has 3 aromatic heterocycles. The molecule has 0 spiro atoms. The number of nitrogens with zero attached hydrogens (tertiary/aromatic N) is 6. The van der Waals surface area contributed by atoms with E-state index in [-0.39, 0.29) is 5.54 Å². The van der Waals surface area contributed by atoms with Crippen LogP contribution in [0.4, 0.5) is 5.82 Å². The van der Waals surface area contributed by atoms with Crippen molar-refractivity contribution in [2.24, 2.45) is 11.8 Å². The van der Waals surface area contributed by atoms with E-state index in [1.165, 1.54) is 0 Å². The summed E-state index contributed by atoms with van der Waals surface area (Å²) in [6, 6.07) is 4.20. The number of fused-ring (bicyclic) bond motifs is 2. The maximum Gasteiger partial charge on any atom is 0.496 e. The molecule has 0 aromatic carbocycles. The normalized spacial score (nSPS) is 27.5. The summed E-state index contributed by atoms with van der Waals surface area (Å²) in [7, 11) is -0.575. The number of carbonyl (C=O) groups excluding carboxylic acids is 1. The summed E-state index contributed by atoms with van der Waals surface area (Å²) in [4.78, 5) is 22.8. The van der Waals surface area contributed by atoms with Crippen LogP contribution < -0.4 is 15.7 Å². The third-order valence-electron chi connectivity index (χ3n) is 8.93. The van der Waals surface area contributed by atoms with E-state index in [0.717, 1.165) is 49.2 Å². The van der Waals surface area contributed by atoms with Gasteiger partial charge in [-0.25, -0.2) is 9.50 Å². The molecule has 0 bridgehead atoms. The van der Waals surface area contributed by atoms with E-state index in [9.17, 15) is 10.1 Å². The molecule has 2 saturated heterocycles. The van der Waals surface area contributed by atoms with Gasteiger partial charge in [0, 0.05) is 35.9 Å². The van der Waals surface area contributed by atoms with E-state index in [0.29, 0.717) is 28.6 Å². The molecular weight excluding hydrogens is 481 g/mol. The Morgan fingerprint density at radius 3 is 2.34 bits per heavy atom. The quantitative estimate of drug-likeness (QED) is 0.408. The number of hydrogen-bond donors (Lipinski definition) is 1. The minimum absolute atomic E-state index is 0.115. The minimum atomic E-state index is -0.575. The number of nitriles is 1. The highest BCUT2D eigenvalue weighted by atomic mass is 16.7. The second kappa shape index (κ2) is 8.51. The van der Waals surface area contributed by atoms with Gasteiger partial charge in [0.05, 0.1) is 46.6 Å². The maximum absolute atomic E-state index is 11.0. The molecule has 3 atom stereocenters. The Kier molecular flexibility index (Phi) is 5.56. The van der Waals surface area contributed by atoms with Crippen molar-refractivity contribution >= 4 is 30.3 Å². The predicted octanol–water partition coefficient (Wildman–Crippen LogP) is 2.31. The van der Waals surface area contributed by atoms with Gasteiger partial charge in [-0.2, -0.15) is 10.4 Å². The highest BCUT2D eigenvalue weighted by molar-refractivity contribution is 6.62. The Bertz CT molecular complexity index is 1420. The van der Waals surface area contributed by atoms with E-state index in [2.05, 4.69) is 28.3 Å². The van der Waals surface area contributed by atoms with Crippen LogP contribution in [0.25, 0.3) is 16.8 Å². The van der Waals surface area contributed by atoms with Gasteiger partial charge in [-0.3, -0.25) is 9.78 Å². The van der Waals surface area contributed by atoms with E-state index < -0.39 is 18.3 Å². The average Bonchev–Trinajstić information content (AvgIpc) is 3.58. The van der Waals surface area contributed by atoms with Crippen molar-refractivity contribution in [3.8, 4) is 17.3 Å². The lowest BCUT2D eigenvalue weighted by Gasteiger charge is -2.32. The van der Waals surface area contributed by atoms with Gasteiger partial charge in [0.1, 0.15) is 11.9 Å². The van der Waals surface area contributed by atoms with Crippen molar-refractivity contribution in [3.63, 3.8) is 0 Å². The Morgan fingerprint density at radius 2 is 1.76 bits per heavy atom. The fourth-order valence-electron chi connectivity index (χ4n) is 6.24. The largest absolute Gasteiger partial charge is 0.496 e. The molecule has 3 aromatic rings. The summed E-state index contributed by atoms with van der Waals surface area (Å²) < 4.78 is 14.3. The summed E-state index contributed by atoms with van der Waals surface area (Å²) in [5, 5.41) is 17.2. The van der Waals surface area contributed by atoms with Gasteiger partial charge in [0.25, 0.3) is 0 Å². The predicted molar refractivity (Wildman–Crippen MR) is 143 cm³/mol. The van der Waals surface area contributed by atoms with Crippen LogP contribution in [0.2, 0.25) is 0 Å². The molecule has 1 aliphatic carbocycles. The number of hydrogen-bond acceptors (Lipinski definition) is 8. The zero-order valence-corrected chi connectivity index (χ0v) is 22.4. The number of rotatable bonds is 5. The van der Waals surface area contributed by atoms with Crippen LogP contribution in [0, 0.1) is 23.2 Å². The molecule has 10 nitrogen and oxygen atoms in total. The van der Waals surface area contributed by atoms with Gasteiger partial charge in [-0.05, 0) is 65.4 Å². The first-order valence-electron chi connectivity index (χ1n) is 13.1. The summed E-state index contributed by atoms with van der Waals surface area (Å²) in [5.74, 6) is 1.88. The molecule has 11 heteroatoms. The number of carbonyl (C=O) groups is 1. The molecule has 1 amide bonds. The lowest BCUT2D eigenvalue weighted by Crippen LogP contribution is -2.41. The van der Waals surface area contributed by atoms with Crippen molar-refractivity contribution in [2.75, 3.05) is 18.0 Å². The first kappa shape index (κ1) is 24.8. The van der Waals surface area contributed by atoms with Gasteiger partial charge in [-0.15, -0.1) is 0 Å². The van der Waals surface area contributed by atoms with Crippen molar-refractivity contribution in [1.29, 1.82) is 5.26 Å². The Labute approximate surface area is 222 Å². The molecular formula is C27H32BN7O3. The number of anilines is 1. The SMILES string of the molecule is CC1(NC=O)C[C@H]2CN(c3cnc(-c4cc(B5OC(C)(C)C(C)(C)O5)cn5ncc(C#N)c45)cn3)C[C@H]2C1. The Morgan fingerprint density at radius 1 is 1.08 bits per heavy atom. The van der Waals surface area contributed by atoms with Crippen LogP contribution in [-0.4, -0.2) is 62.9 Å². The van der Waals surface area contributed by atoms with Crippen molar-refractivity contribution < 1.29 is 14.1 Å². The number of nitrogens with one attached hydrogen (secondary N) is 1. The lowest BCUT2D eigenvalue weighted by atomic mass is 9.79. The Hall–Kier alpha value is -3.49. The van der Waals surface area contributed by atoms with Gasteiger partial charge in [0.15, 0.2) is 0 Å². The fraction of sp³-hybridized carbons (Fsp3) is 0.519. The molecule has 2 aliphatic heterocycles. The van der Waals surface area contributed by atoms with Crippen molar-refractivity contribution in [2.45, 2.75) is 64.2 Å². The summed E-state index contributed by atoms with van der Waals surface area (Å²) >= 11 is 0. The number of amides is 1. The summed E-state index contributed by atoms with van der Waals surface area (Å²) in [5.41, 5.74) is 2.25. The molecule has 6 rings (SSSR count). The average molecular weight is 513 g/mol. The van der Waals surface area contributed by atoms with Crippen LogP contribution in [0.15, 0.2) is 30.9 Å². The highest BCUT2D eigenvalue weighted by Gasteiger charge is 2.52. The molecule has 5 heterocycles. The lowest BCUT2D eigenvalue weighted by molar-refractivity contribution is -0.111. The van der Waals surface area contributed by atoms with Crippen LogP contribution in [0.1, 0.15) is 53.0 Å². The Balaban J connectivity index is 1.30. The minimum Gasteiger partial charge on any atom is -0.399 e. The van der Waals surface area contributed by atoms with E-state index in [4.69, 9.17) is 19.3 Å². The molecule has 196 valence electrons. The molecule has 1 N–H and O–H groups in total. The first-order chi connectivity index (χ1) is 18.0. The van der Waals surface area contributed by atoms with Gasteiger partial charge < -0.3 is 19.5 Å². The summed E-state index contributed by atoms with van der Waals surface area (Å²) in [6.07, 6.45) is 9.74. The third-order valence-corrected chi connectivity index (χ3v) is 8.93. The topological polar surface area (TPSA) is 118 Å². The van der Waals surface area contributed by atoms with Crippen LogP contribution in [-0.2, 0) is 14.1 Å². The van der Waals surface area contributed by atoms with Crippen molar-refractivity contribution in [1.82, 2.24) is 24.9 Å². The number of pyridine rings is 1. The molecule has 3 aliphatic rings. The van der Waals surface area contributed by atoms with Crippen LogP contribution >= 0.6 is 0 Å². The van der Waals surface area contributed by atoms with Crippen molar-refractivity contribution in [3.05, 3.63) is 36.4 Å². The molecule has 38 heavy (non-hydrogen) atoms. The van der Waals surface area contributed by atoms with Gasteiger partial charge >= 0.3 is 7.12 Å². The van der Waals surface area contributed by atoms with Gasteiger partial charge in [-0.1, -0.05) is 0 Å².